The number of benzene rings is 2. The number of piperazine rings is 1. The zero-order chi connectivity index (χ0) is 25.1. The molecule has 0 aromatic heterocycles. The number of halogens is 2. The van der Waals surface area contributed by atoms with E-state index < -0.39 is 39.6 Å². The van der Waals surface area contributed by atoms with Gasteiger partial charge in [0, 0.05) is 6.54 Å². The molecule has 1 aliphatic rings. The highest BCUT2D eigenvalue weighted by molar-refractivity contribution is 7.89. The number of ether oxygens (including phenoxy) is 1. The number of nitrogens with zero attached hydrogens (tertiary/aromatic N) is 1. The Hall–Kier alpha value is -2.24. The first-order valence-electron chi connectivity index (χ1n) is 10.8. The smallest absolute Gasteiger partial charge is 0.411 e. The minimum atomic E-state index is -3.81. The fourth-order valence-corrected chi connectivity index (χ4v) is 5.11. The van der Waals surface area contributed by atoms with E-state index in [1.54, 1.807) is 70.2 Å². The van der Waals surface area contributed by atoms with Gasteiger partial charge in [-0.2, -0.15) is 0 Å². The molecule has 8 nitrogen and oxygen atoms in total. The van der Waals surface area contributed by atoms with Crippen LogP contribution in [0.15, 0.2) is 53.4 Å². The molecule has 2 aromatic carbocycles. The lowest BCUT2D eigenvalue weighted by atomic mass is 9.97. The second-order valence-electron chi connectivity index (χ2n) is 9.04. The van der Waals surface area contributed by atoms with Gasteiger partial charge in [0.25, 0.3) is 10.0 Å². The Morgan fingerprint density at radius 3 is 2.53 bits per heavy atom. The molecule has 3 unspecified atom stereocenters. The van der Waals surface area contributed by atoms with Crippen molar-refractivity contribution in [1.29, 1.82) is 0 Å². The van der Waals surface area contributed by atoms with E-state index in [0.717, 1.165) is 0 Å². The molecule has 2 aromatic rings. The zero-order valence-corrected chi connectivity index (χ0v) is 21.1. The van der Waals surface area contributed by atoms with Crippen LogP contribution in [0.2, 0.25) is 0 Å². The number of carbonyl (C=O) groups is 1. The molecule has 34 heavy (non-hydrogen) atoms. The van der Waals surface area contributed by atoms with E-state index in [0.29, 0.717) is 16.7 Å². The van der Waals surface area contributed by atoms with Crippen LogP contribution in [0.25, 0.3) is 0 Å². The van der Waals surface area contributed by atoms with Crippen molar-refractivity contribution in [2.24, 2.45) is 0 Å². The van der Waals surface area contributed by atoms with Gasteiger partial charge in [-0.15, -0.1) is 16.4 Å². The van der Waals surface area contributed by atoms with Crippen LogP contribution in [-0.4, -0.2) is 43.4 Å². The number of nitrogens with one attached hydrogen (secondary N) is 3. The summed E-state index contributed by atoms with van der Waals surface area (Å²) in [5, 5.41) is 2.63. The molecular weight excluding hydrogens is 483 g/mol. The maximum absolute atomic E-state index is 15.2. The summed E-state index contributed by atoms with van der Waals surface area (Å²) in [5.74, 6) is 0. The standard InChI is InChI=1S/C23H30ClFN4O4S/c1-15-9-5-8-12-18(15)34(31,32)28-26-13-16-10-6-7-11-17(16)20-21(25)27-19(24)14-29(20)22(30)33-23(2,3)4/h5-12,19-21,26-28H,13-14H2,1-4H3. The highest BCUT2D eigenvalue weighted by atomic mass is 35.5. The Bertz CT molecular complexity index is 1130. The summed E-state index contributed by atoms with van der Waals surface area (Å²) in [4.78, 5) is 16.7. The Morgan fingerprint density at radius 2 is 1.85 bits per heavy atom. The van der Waals surface area contributed by atoms with Crippen molar-refractivity contribution in [3.8, 4) is 0 Å². The molecule has 11 heteroatoms. The Kier molecular flexibility index (Phi) is 8.20. The maximum Gasteiger partial charge on any atom is 0.411 e. The summed E-state index contributed by atoms with van der Waals surface area (Å²) in [6, 6.07) is 12.5. The minimum absolute atomic E-state index is 0.0310. The third-order valence-corrected chi connectivity index (χ3v) is 6.89. The molecule has 0 spiro atoms. The number of rotatable bonds is 6. The predicted molar refractivity (Wildman–Crippen MR) is 128 cm³/mol. The van der Waals surface area contributed by atoms with Gasteiger partial charge in [-0.1, -0.05) is 42.5 Å². The number of hydrazine groups is 1. The van der Waals surface area contributed by atoms with Crippen molar-refractivity contribution in [3.05, 3.63) is 65.2 Å². The van der Waals surface area contributed by atoms with E-state index in [4.69, 9.17) is 16.3 Å². The normalized spacial score (nSPS) is 21.4. The average molecular weight is 513 g/mol. The highest BCUT2D eigenvalue weighted by Gasteiger charge is 2.41. The van der Waals surface area contributed by atoms with Crippen LogP contribution in [0.5, 0.6) is 0 Å². The van der Waals surface area contributed by atoms with E-state index in [2.05, 4.69) is 15.6 Å². The van der Waals surface area contributed by atoms with Crippen LogP contribution in [0, 0.1) is 6.92 Å². The van der Waals surface area contributed by atoms with Gasteiger partial charge in [0.1, 0.15) is 17.1 Å². The first-order chi connectivity index (χ1) is 15.9. The lowest BCUT2D eigenvalue weighted by molar-refractivity contribution is -0.0121. The summed E-state index contributed by atoms with van der Waals surface area (Å²) in [5.41, 5.74) is 2.86. The molecule has 0 saturated carbocycles. The van der Waals surface area contributed by atoms with Crippen molar-refractivity contribution < 1.29 is 22.3 Å². The number of hydrogen-bond donors (Lipinski definition) is 3. The number of aryl methyl sites for hydroxylation is 1. The van der Waals surface area contributed by atoms with Gasteiger partial charge in [-0.3, -0.25) is 10.2 Å². The van der Waals surface area contributed by atoms with Crippen LogP contribution in [-0.2, 0) is 21.3 Å². The molecule has 3 atom stereocenters. The van der Waals surface area contributed by atoms with Gasteiger partial charge in [0.2, 0.25) is 0 Å². The lowest BCUT2D eigenvalue weighted by Gasteiger charge is -2.41. The number of amides is 1. The molecule has 3 N–H and O–H groups in total. The van der Waals surface area contributed by atoms with Gasteiger partial charge in [0.05, 0.1) is 11.4 Å². The molecule has 0 radical (unpaired) electrons. The van der Waals surface area contributed by atoms with Crippen molar-refractivity contribution >= 4 is 27.7 Å². The van der Waals surface area contributed by atoms with Gasteiger partial charge in [0.15, 0.2) is 6.30 Å². The van der Waals surface area contributed by atoms with Gasteiger partial charge < -0.3 is 4.74 Å². The molecule has 0 aliphatic carbocycles. The quantitative estimate of drug-likeness (QED) is 0.310. The first-order valence-corrected chi connectivity index (χ1v) is 12.7. The summed E-state index contributed by atoms with van der Waals surface area (Å²) in [6.07, 6.45) is -2.34. The lowest BCUT2D eigenvalue weighted by Crippen LogP contribution is -2.57. The molecule has 0 bridgehead atoms. The highest BCUT2D eigenvalue weighted by Crippen LogP contribution is 2.33. The molecule has 1 fully saturated rings. The van der Waals surface area contributed by atoms with Gasteiger partial charge >= 0.3 is 6.09 Å². The second-order valence-corrected chi connectivity index (χ2v) is 11.2. The van der Waals surface area contributed by atoms with Gasteiger partial charge in [-0.05, 0) is 50.5 Å². The SMILES string of the molecule is Cc1ccccc1S(=O)(=O)NNCc1ccccc1C1C(F)NC(Cl)CN1C(=O)OC(C)(C)C. The summed E-state index contributed by atoms with van der Waals surface area (Å²) in [6.45, 7) is 6.97. The van der Waals surface area contributed by atoms with Crippen molar-refractivity contribution in [1.82, 2.24) is 20.5 Å². The van der Waals surface area contributed by atoms with E-state index in [9.17, 15) is 13.2 Å². The Labute approximate surface area is 204 Å². The molecule has 1 heterocycles. The van der Waals surface area contributed by atoms with Crippen molar-refractivity contribution in [3.63, 3.8) is 0 Å². The minimum Gasteiger partial charge on any atom is -0.444 e. The van der Waals surface area contributed by atoms with Crippen LogP contribution < -0.4 is 15.6 Å². The number of hydrogen-bond acceptors (Lipinski definition) is 6. The zero-order valence-electron chi connectivity index (χ0n) is 19.5. The fraction of sp³-hybridized carbons (Fsp3) is 0.435. The van der Waals surface area contributed by atoms with Crippen molar-refractivity contribution in [2.45, 2.75) is 62.6 Å². The largest absolute Gasteiger partial charge is 0.444 e. The third kappa shape index (κ3) is 6.45. The summed E-state index contributed by atoms with van der Waals surface area (Å²) in [7, 11) is -3.81. The van der Waals surface area contributed by atoms with E-state index >= 15 is 4.39 Å². The van der Waals surface area contributed by atoms with E-state index in [1.807, 2.05) is 0 Å². The molecule has 186 valence electrons. The summed E-state index contributed by atoms with van der Waals surface area (Å²) >= 11 is 6.13. The molecule has 1 amide bonds. The second kappa shape index (κ2) is 10.6. The van der Waals surface area contributed by atoms with Crippen LogP contribution >= 0.6 is 11.6 Å². The van der Waals surface area contributed by atoms with Gasteiger partial charge in [-0.25, -0.2) is 23.0 Å². The average Bonchev–Trinajstić information content (AvgIpc) is 2.73. The predicted octanol–water partition coefficient (Wildman–Crippen LogP) is 3.72. The molecule has 3 rings (SSSR count). The Balaban J connectivity index is 1.82. The van der Waals surface area contributed by atoms with E-state index in [1.165, 1.54) is 11.0 Å². The molecule has 1 saturated heterocycles. The number of carbonyl (C=O) groups excluding carboxylic acids is 1. The van der Waals surface area contributed by atoms with Crippen molar-refractivity contribution in [2.75, 3.05) is 6.54 Å². The molecular formula is C23H30ClFN4O4S. The maximum atomic E-state index is 15.2. The first kappa shape index (κ1) is 26.4. The Morgan fingerprint density at radius 1 is 1.21 bits per heavy atom. The fourth-order valence-electron chi connectivity index (χ4n) is 3.72. The van der Waals surface area contributed by atoms with Crippen LogP contribution in [0.3, 0.4) is 0 Å². The topological polar surface area (TPSA) is 99.8 Å². The summed E-state index contributed by atoms with van der Waals surface area (Å²) < 4.78 is 46.0. The van der Waals surface area contributed by atoms with E-state index in [-0.39, 0.29) is 18.0 Å². The van der Waals surface area contributed by atoms with Crippen LogP contribution in [0.4, 0.5) is 9.18 Å². The number of sulfonamides is 1. The van der Waals surface area contributed by atoms with Crippen LogP contribution in [0.1, 0.15) is 43.5 Å². The molecule has 1 aliphatic heterocycles. The number of alkyl halides is 2. The monoisotopic (exact) mass is 512 g/mol. The third-order valence-electron chi connectivity index (χ3n) is 5.18.